The fraction of sp³-hybridized carbons (Fsp3) is 1.00. The third kappa shape index (κ3) is 3.56. The molecule has 1 atom stereocenters. The van der Waals surface area contributed by atoms with Gasteiger partial charge in [-0.15, -0.1) is 0 Å². The zero-order valence-electron chi connectivity index (χ0n) is 9.28. The predicted octanol–water partition coefficient (Wildman–Crippen LogP) is 0.818. The maximum Gasteiger partial charge on any atom is 0.0443 e. The Balaban J connectivity index is 2.27. The van der Waals surface area contributed by atoms with E-state index >= 15 is 0 Å². The van der Waals surface area contributed by atoms with Crippen LogP contribution >= 0.6 is 0 Å². The van der Waals surface area contributed by atoms with Crippen LogP contribution in [0.25, 0.3) is 0 Å². The van der Waals surface area contributed by atoms with Crippen LogP contribution in [0.15, 0.2) is 0 Å². The van der Waals surface area contributed by atoms with Crippen molar-refractivity contribution in [1.82, 2.24) is 4.90 Å². The first-order valence-electron chi connectivity index (χ1n) is 5.83. The van der Waals surface area contributed by atoms with E-state index in [0.29, 0.717) is 12.5 Å². The molecule has 0 amide bonds. The van der Waals surface area contributed by atoms with E-state index in [1.54, 1.807) is 0 Å². The van der Waals surface area contributed by atoms with Gasteiger partial charge in [0.05, 0.1) is 0 Å². The van der Waals surface area contributed by atoms with E-state index in [1.165, 1.54) is 19.3 Å². The monoisotopic (exact) mass is 200 g/mol. The topological polar surface area (TPSA) is 49.5 Å². The van der Waals surface area contributed by atoms with E-state index in [0.717, 1.165) is 32.1 Å². The maximum absolute atomic E-state index is 8.83. The predicted molar refractivity (Wildman–Crippen MR) is 59.1 cm³/mol. The Morgan fingerprint density at radius 2 is 2.21 bits per heavy atom. The molecule has 1 saturated carbocycles. The van der Waals surface area contributed by atoms with Gasteiger partial charge in [0.15, 0.2) is 0 Å². The number of aliphatic hydroxyl groups is 1. The lowest BCUT2D eigenvalue weighted by atomic mass is 9.90. The van der Waals surface area contributed by atoms with Crippen LogP contribution in [-0.2, 0) is 0 Å². The molecule has 0 saturated heterocycles. The van der Waals surface area contributed by atoms with Gasteiger partial charge in [0.2, 0.25) is 0 Å². The van der Waals surface area contributed by atoms with E-state index < -0.39 is 0 Å². The molecule has 0 bridgehead atoms. The van der Waals surface area contributed by atoms with Crippen molar-refractivity contribution in [3.8, 4) is 0 Å². The van der Waals surface area contributed by atoms with Crippen LogP contribution in [0.2, 0.25) is 0 Å². The van der Waals surface area contributed by atoms with Gasteiger partial charge in [-0.25, -0.2) is 0 Å². The van der Waals surface area contributed by atoms with Crippen molar-refractivity contribution < 1.29 is 5.11 Å². The van der Waals surface area contributed by atoms with E-state index in [1.807, 2.05) is 0 Å². The second kappa shape index (κ2) is 6.38. The van der Waals surface area contributed by atoms with Gasteiger partial charge < -0.3 is 10.8 Å². The molecule has 0 radical (unpaired) electrons. The standard InChI is InChI=1S/C11H24N2O/c1-10(8-12)9-13(6-3-7-14)11-4-2-5-11/h10-11,14H,2-9,12H2,1H3. The van der Waals surface area contributed by atoms with Crippen molar-refractivity contribution in [2.45, 2.75) is 38.6 Å². The Kier molecular flexibility index (Phi) is 5.45. The average molecular weight is 200 g/mol. The normalized spacial score (nSPS) is 19.7. The first-order valence-corrected chi connectivity index (χ1v) is 5.83. The Labute approximate surface area is 87.3 Å². The lowest BCUT2D eigenvalue weighted by molar-refractivity contribution is 0.102. The number of nitrogens with two attached hydrogens (primary N) is 1. The molecule has 0 aliphatic heterocycles. The molecule has 1 unspecified atom stereocenters. The molecule has 3 heteroatoms. The first-order chi connectivity index (χ1) is 6.77. The average Bonchev–Trinajstić information content (AvgIpc) is 2.11. The molecular formula is C11H24N2O. The molecular weight excluding hydrogens is 176 g/mol. The lowest BCUT2D eigenvalue weighted by Gasteiger charge is -2.38. The molecule has 1 rings (SSSR count). The minimum atomic E-state index is 0.306. The molecule has 84 valence electrons. The van der Waals surface area contributed by atoms with Crippen molar-refractivity contribution in [2.24, 2.45) is 11.7 Å². The summed E-state index contributed by atoms with van der Waals surface area (Å²) in [6.45, 7) is 5.40. The van der Waals surface area contributed by atoms with Crippen molar-refractivity contribution in [3.63, 3.8) is 0 Å². The SMILES string of the molecule is CC(CN)CN(CCCO)C1CCC1. The summed E-state index contributed by atoms with van der Waals surface area (Å²) >= 11 is 0. The summed E-state index contributed by atoms with van der Waals surface area (Å²) in [6, 6.07) is 0.774. The van der Waals surface area contributed by atoms with Gasteiger partial charge in [0.1, 0.15) is 0 Å². The summed E-state index contributed by atoms with van der Waals surface area (Å²) in [7, 11) is 0. The van der Waals surface area contributed by atoms with Crippen LogP contribution in [0, 0.1) is 5.92 Å². The second-order valence-electron chi connectivity index (χ2n) is 4.50. The molecule has 0 spiro atoms. The molecule has 0 aromatic rings. The van der Waals surface area contributed by atoms with E-state index in [4.69, 9.17) is 10.8 Å². The largest absolute Gasteiger partial charge is 0.396 e. The quantitative estimate of drug-likeness (QED) is 0.639. The number of hydrogen-bond acceptors (Lipinski definition) is 3. The molecule has 0 aromatic carbocycles. The number of hydrogen-bond donors (Lipinski definition) is 2. The van der Waals surface area contributed by atoms with E-state index in [-0.39, 0.29) is 0 Å². The van der Waals surface area contributed by atoms with Crippen LogP contribution in [-0.4, -0.2) is 42.3 Å². The highest BCUT2D eigenvalue weighted by molar-refractivity contribution is 4.81. The molecule has 3 nitrogen and oxygen atoms in total. The minimum absolute atomic E-state index is 0.306. The van der Waals surface area contributed by atoms with Gasteiger partial charge in [-0.05, 0) is 31.7 Å². The zero-order valence-corrected chi connectivity index (χ0v) is 9.28. The number of aliphatic hydroxyl groups excluding tert-OH is 1. The highest BCUT2D eigenvalue weighted by atomic mass is 16.3. The summed E-state index contributed by atoms with van der Waals surface area (Å²) in [4.78, 5) is 2.51. The van der Waals surface area contributed by atoms with Gasteiger partial charge in [-0.1, -0.05) is 13.3 Å². The zero-order chi connectivity index (χ0) is 10.4. The van der Waals surface area contributed by atoms with Crippen molar-refractivity contribution in [3.05, 3.63) is 0 Å². The summed E-state index contributed by atoms with van der Waals surface area (Å²) in [5, 5.41) is 8.83. The van der Waals surface area contributed by atoms with Crippen LogP contribution in [0.1, 0.15) is 32.6 Å². The number of rotatable bonds is 7. The second-order valence-corrected chi connectivity index (χ2v) is 4.50. The molecule has 14 heavy (non-hydrogen) atoms. The molecule has 1 fully saturated rings. The van der Waals surface area contributed by atoms with Crippen molar-refractivity contribution in [2.75, 3.05) is 26.2 Å². The van der Waals surface area contributed by atoms with Gasteiger partial charge in [0, 0.05) is 25.7 Å². The summed E-state index contributed by atoms with van der Waals surface area (Å²) < 4.78 is 0. The van der Waals surface area contributed by atoms with Crippen LogP contribution < -0.4 is 5.73 Å². The Morgan fingerprint density at radius 3 is 2.64 bits per heavy atom. The van der Waals surface area contributed by atoms with Crippen molar-refractivity contribution in [1.29, 1.82) is 0 Å². The van der Waals surface area contributed by atoms with Gasteiger partial charge in [0.25, 0.3) is 0 Å². The molecule has 0 heterocycles. The van der Waals surface area contributed by atoms with Crippen molar-refractivity contribution >= 4 is 0 Å². The first kappa shape index (κ1) is 12.0. The number of nitrogens with zero attached hydrogens (tertiary/aromatic N) is 1. The van der Waals surface area contributed by atoms with Gasteiger partial charge >= 0.3 is 0 Å². The minimum Gasteiger partial charge on any atom is -0.396 e. The van der Waals surface area contributed by atoms with E-state index in [2.05, 4.69) is 11.8 Å². The fourth-order valence-corrected chi connectivity index (χ4v) is 1.92. The third-order valence-electron chi connectivity index (χ3n) is 3.14. The maximum atomic E-state index is 8.83. The van der Waals surface area contributed by atoms with Crippen LogP contribution in [0.4, 0.5) is 0 Å². The Bertz CT molecular complexity index is 148. The highest BCUT2D eigenvalue weighted by Crippen LogP contribution is 2.25. The summed E-state index contributed by atoms with van der Waals surface area (Å²) in [6.07, 6.45) is 4.94. The fourth-order valence-electron chi connectivity index (χ4n) is 1.92. The summed E-state index contributed by atoms with van der Waals surface area (Å²) in [5.74, 6) is 0.578. The molecule has 1 aliphatic rings. The van der Waals surface area contributed by atoms with Crippen LogP contribution in [0.3, 0.4) is 0 Å². The summed E-state index contributed by atoms with van der Waals surface area (Å²) in [5.41, 5.74) is 5.63. The third-order valence-corrected chi connectivity index (χ3v) is 3.14. The Hall–Kier alpha value is -0.120. The molecule has 1 aliphatic carbocycles. The lowest BCUT2D eigenvalue weighted by Crippen LogP contribution is -2.44. The Morgan fingerprint density at radius 1 is 1.50 bits per heavy atom. The molecule has 0 aromatic heterocycles. The molecule has 3 N–H and O–H groups in total. The highest BCUT2D eigenvalue weighted by Gasteiger charge is 2.25. The van der Waals surface area contributed by atoms with Crippen LogP contribution in [0.5, 0.6) is 0 Å². The van der Waals surface area contributed by atoms with Gasteiger partial charge in [-0.3, -0.25) is 4.90 Å². The van der Waals surface area contributed by atoms with E-state index in [9.17, 15) is 0 Å². The smallest absolute Gasteiger partial charge is 0.0443 e. The van der Waals surface area contributed by atoms with Gasteiger partial charge in [-0.2, -0.15) is 0 Å².